The van der Waals surface area contributed by atoms with Crippen molar-refractivity contribution in [2.45, 2.75) is 26.7 Å². The van der Waals surface area contributed by atoms with Crippen LogP contribution in [0.2, 0.25) is 0 Å². The van der Waals surface area contributed by atoms with Gasteiger partial charge in [0.25, 0.3) is 5.91 Å². The Labute approximate surface area is 114 Å². The second-order valence-corrected chi connectivity index (χ2v) is 4.90. The molecule has 1 aromatic carbocycles. The van der Waals surface area contributed by atoms with Crippen molar-refractivity contribution in [3.63, 3.8) is 0 Å². The molecule has 2 nitrogen and oxygen atoms in total. The Morgan fingerprint density at radius 1 is 1.28 bits per heavy atom. The van der Waals surface area contributed by atoms with E-state index in [4.69, 9.17) is 0 Å². The second-order valence-electron chi connectivity index (χ2n) is 3.98. The van der Waals surface area contributed by atoms with Crippen molar-refractivity contribution in [1.29, 1.82) is 0 Å². The summed E-state index contributed by atoms with van der Waals surface area (Å²) in [6.45, 7) is 4.75. The van der Waals surface area contributed by atoms with Crippen LogP contribution in [0.4, 0.5) is 8.78 Å². The molecule has 0 atom stereocenters. The first-order valence-electron chi connectivity index (χ1n) is 5.95. The van der Waals surface area contributed by atoms with E-state index < -0.39 is 23.1 Å². The predicted molar refractivity (Wildman–Crippen MR) is 70.5 cm³/mol. The number of carbonyl (C=O) groups excluding carboxylic acids is 1. The molecule has 0 bridgehead atoms. The molecule has 0 N–H and O–H groups in total. The molecule has 0 aromatic heterocycles. The van der Waals surface area contributed by atoms with Gasteiger partial charge in [-0.15, -0.1) is 0 Å². The first-order valence-corrected chi connectivity index (χ1v) is 6.74. The minimum Gasteiger partial charge on any atom is -0.339 e. The summed E-state index contributed by atoms with van der Waals surface area (Å²) in [6, 6.07) is 2.20. The highest BCUT2D eigenvalue weighted by atomic mass is 79.9. The first-order chi connectivity index (χ1) is 8.51. The zero-order chi connectivity index (χ0) is 13.7. The van der Waals surface area contributed by atoms with Crippen molar-refractivity contribution in [3.8, 4) is 0 Å². The van der Waals surface area contributed by atoms with Crippen LogP contribution in [0.5, 0.6) is 0 Å². The largest absolute Gasteiger partial charge is 0.339 e. The number of rotatable bonds is 5. The molecule has 0 aliphatic rings. The molecule has 0 heterocycles. The third-order valence-corrected chi connectivity index (χ3v) is 3.13. The lowest BCUT2D eigenvalue weighted by Crippen LogP contribution is -2.33. The Hall–Kier alpha value is -0.970. The van der Waals surface area contributed by atoms with Crippen LogP contribution in [0.3, 0.4) is 0 Å². The van der Waals surface area contributed by atoms with Crippen LogP contribution in [-0.2, 0) is 0 Å². The molecule has 0 radical (unpaired) electrons. The Bertz CT molecular complexity index is 414. The van der Waals surface area contributed by atoms with Gasteiger partial charge in [0.15, 0.2) is 0 Å². The quantitative estimate of drug-likeness (QED) is 0.803. The van der Waals surface area contributed by atoms with Crippen molar-refractivity contribution < 1.29 is 13.6 Å². The molecule has 0 saturated carbocycles. The molecule has 18 heavy (non-hydrogen) atoms. The number of hydrogen-bond acceptors (Lipinski definition) is 1. The summed E-state index contributed by atoms with van der Waals surface area (Å²) >= 11 is 2.99. The van der Waals surface area contributed by atoms with Crippen LogP contribution in [0.25, 0.3) is 0 Å². The maximum absolute atomic E-state index is 13.7. The fourth-order valence-electron chi connectivity index (χ4n) is 1.66. The van der Waals surface area contributed by atoms with Gasteiger partial charge < -0.3 is 4.90 Å². The number of halogens is 3. The third-order valence-electron chi connectivity index (χ3n) is 2.67. The summed E-state index contributed by atoms with van der Waals surface area (Å²) in [7, 11) is 0. The minimum absolute atomic E-state index is 0.283. The monoisotopic (exact) mass is 319 g/mol. The van der Waals surface area contributed by atoms with Gasteiger partial charge >= 0.3 is 0 Å². The number of carbonyl (C=O) groups is 1. The van der Waals surface area contributed by atoms with Gasteiger partial charge in [-0.2, -0.15) is 0 Å². The maximum Gasteiger partial charge on any atom is 0.259 e. The fraction of sp³-hybridized carbons (Fsp3) is 0.462. The lowest BCUT2D eigenvalue weighted by molar-refractivity contribution is 0.0752. The van der Waals surface area contributed by atoms with Crippen LogP contribution < -0.4 is 0 Å². The summed E-state index contributed by atoms with van der Waals surface area (Å²) in [4.78, 5) is 13.5. The van der Waals surface area contributed by atoms with Gasteiger partial charge in [0.1, 0.15) is 17.2 Å². The van der Waals surface area contributed by atoms with Gasteiger partial charge in [-0.3, -0.25) is 4.79 Å². The smallest absolute Gasteiger partial charge is 0.259 e. The van der Waals surface area contributed by atoms with Crippen molar-refractivity contribution in [1.82, 2.24) is 4.90 Å². The maximum atomic E-state index is 13.7. The van der Waals surface area contributed by atoms with E-state index in [0.717, 1.165) is 25.0 Å². The molecule has 1 rings (SSSR count). The zero-order valence-corrected chi connectivity index (χ0v) is 12.1. The normalized spacial score (nSPS) is 10.5. The Kier molecular flexibility index (Phi) is 5.72. The molecular weight excluding hydrogens is 304 g/mol. The van der Waals surface area contributed by atoms with Crippen LogP contribution in [0, 0.1) is 11.6 Å². The van der Waals surface area contributed by atoms with Crippen molar-refractivity contribution >= 4 is 21.8 Å². The topological polar surface area (TPSA) is 20.3 Å². The average molecular weight is 320 g/mol. The molecule has 0 saturated heterocycles. The SMILES string of the molecule is CCCCN(CC)C(=O)c1c(F)cc(Br)cc1F. The molecular formula is C13H16BrF2NO. The van der Waals surface area contributed by atoms with E-state index >= 15 is 0 Å². The van der Waals surface area contributed by atoms with Gasteiger partial charge in [0.05, 0.1) is 0 Å². The van der Waals surface area contributed by atoms with E-state index in [2.05, 4.69) is 15.9 Å². The Morgan fingerprint density at radius 2 is 1.83 bits per heavy atom. The van der Waals surface area contributed by atoms with Crippen molar-refractivity contribution in [2.75, 3.05) is 13.1 Å². The molecule has 0 aliphatic heterocycles. The Morgan fingerprint density at radius 3 is 2.28 bits per heavy atom. The van der Waals surface area contributed by atoms with Crippen LogP contribution >= 0.6 is 15.9 Å². The summed E-state index contributed by atoms with van der Waals surface area (Å²) in [6.07, 6.45) is 1.74. The number of unbranched alkanes of at least 4 members (excludes halogenated alkanes) is 1. The summed E-state index contributed by atoms with van der Waals surface area (Å²) in [5.41, 5.74) is -0.476. The van der Waals surface area contributed by atoms with Gasteiger partial charge in [-0.05, 0) is 25.5 Å². The Balaban J connectivity index is 3.01. The van der Waals surface area contributed by atoms with Crippen LogP contribution in [0.1, 0.15) is 37.0 Å². The number of benzene rings is 1. The summed E-state index contributed by atoms with van der Waals surface area (Å²) < 4.78 is 27.6. The number of amides is 1. The lowest BCUT2D eigenvalue weighted by atomic mass is 10.1. The number of nitrogens with zero attached hydrogens (tertiary/aromatic N) is 1. The first kappa shape index (κ1) is 15.1. The standard InChI is InChI=1S/C13H16BrF2NO/c1-3-5-6-17(4-2)13(18)12-10(15)7-9(14)8-11(12)16/h7-8H,3-6H2,1-2H3. The van der Waals surface area contributed by atoms with E-state index in [1.54, 1.807) is 6.92 Å². The molecule has 5 heteroatoms. The third kappa shape index (κ3) is 3.51. The van der Waals surface area contributed by atoms with Gasteiger partial charge in [-0.25, -0.2) is 8.78 Å². The highest BCUT2D eigenvalue weighted by Crippen LogP contribution is 2.21. The predicted octanol–water partition coefficient (Wildman–Crippen LogP) is 3.99. The van der Waals surface area contributed by atoms with Crippen molar-refractivity contribution in [2.24, 2.45) is 0 Å². The minimum atomic E-state index is -0.832. The average Bonchev–Trinajstić information content (AvgIpc) is 2.28. The second kappa shape index (κ2) is 6.83. The molecule has 100 valence electrons. The summed E-state index contributed by atoms with van der Waals surface area (Å²) in [5.74, 6) is -2.25. The number of hydrogen-bond donors (Lipinski definition) is 0. The highest BCUT2D eigenvalue weighted by Gasteiger charge is 2.22. The molecule has 1 aromatic rings. The molecule has 1 amide bonds. The highest BCUT2D eigenvalue weighted by molar-refractivity contribution is 9.10. The lowest BCUT2D eigenvalue weighted by Gasteiger charge is -2.21. The molecule has 0 fully saturated rings. The van der Waals surface area contributed by atoms with E-state index in [1.165, 1.54) is 4.90 Å². The van der Waals surface area contributed by atoms with Crippen LogP contribution in [0.15, 0.2) is 16.6 Å². The fourth-order valence-corrected chi connectivity index (χ4v) is 2.06. The molecule has 0 unspecified atom stereocenters. The summed E-state index contributed by atoms with van der Waals surface area (Å²) in [5, 5.41) is 0. The van der Waals surface area contributed by atoms with Crippen molar-refractivity contribution in [3.05, 3.63) is 33.8 Å². The van der Waals surface area contributed by atoms with Gasteiger partial charge in [-0.1, -0.05) is 29.3 Å². The molecule has 0 aliphatic carbocycles. The van der Waals surface area contributed by atoms with Gasteiger partial charge in [0, 0.05) is 17.6 Å². The van der Waals surface area contributed by atoms with Gasteiger partial charge in [0.2, 0.25) is 0 Å². The van der Waals surface area contributed by atoms with Crippen LogP contribution in [-0.4, -0.2) is 23.9 Å². The van der Waals surface area contributed by atoms with E-state index in [9.17, 15) is 13.6 Å². The van der Waals surface area contributed by atoms with E-state index in [1.807, 2.05) is 6.92 Å². The molecule has 0 spiro atoms. The zero-order valence-electron chi connectivity index (χ0n) is 10.5. The van der Waals surface area contributed by atoms with E-state index in [0.29, 0.717) is 13.1 Å². The van der Waals surface area contributed by atoms with E-state index in [-0.39, 0.29) is 4.47 Å².